The van der Waals surface area contributed by atoms with Gasteiger partial charge in [-0.3, -0.25) is 4.79 Å². The van der Waals surface area contributed by atoms with Crippen molar-refractivity contribution in [1.82, 2.24) is 4.98 Å². The number of H-pyrrole nitrogens is 1. The number of halogens is 1. The molecular formula is C12H12ClNO. The summed E-state index contributed by atoms with van der Waals surface area (Å²) in [7, 11) is 0. The van der Waals surface area contributed by atoms with Crippen LogP contribution in [0.25, 0.3) is 10.9 Å². The minimum atomic E-state index is -0.0352. The highest BCUT2D eigenvalue weighted by atomic mass is 35.5. The third-order valence-electron chi connectivity index (χ3n) is 2.44. The van der Waals surface area contributed by atoms with Crippen LogP contribution < -0.4 is 5.56 Å². The molecule has 0 aliphatic rings. The van der Waals surface area contributed by atoms with Crippen molar-refractivity contribution in [3.05, 3.63) is 45.7 Å². The van der Waals surface area contributed by atoms with Gasteiger partial charge < -0.3 is 4.98 Å². The van der Waals surface area contributed by atoms with Crippen molar-refractivity contribution in [1.29, 1.82) is 0 Å². The number of fused-ring (bicyclic) bond motifs is 1. The molecule has 2 aromatic rings. The van der Waals surface area contributed by atoms with Gasteiger partial charge in [0.1, 0.15) is 0 Å². The van der Waals surface area contributed by atoms with Gasteiger partial charge in [0, 0.05) is 17.0 Å². The first-order chi connectivity index (χ1) is 7.20. The summed E-state index contributed by atoms with van der Waals surface area (Å²) in [5.74, 6) is 0.473. The van der Waals surface area contributed by atoms with Crippen LogP contribution in [0.2, 0.25) is 0 Å². The fraction of sp³-hybridized carbons (Fsp3) is 0.250. The Morgan fingerprint density at radius 3 is 2.87 bits per heavy atom. The molecule has 1 aromatic heterocycles. The maximum atomic E-state index is 11.6. The van der Waals surface area contributed by atoms with E-state index in [-0.39, 0.29) is 5.56 Å². The number of rotatable bonds is 2. The molecule has 0 aliphatic carbocycles. The number of benzene rings is 1. The molecular weight excluding hydrogens is 210 g/mol. The molecule has 0 unspecified atom stereocenters. The zero-order valence-electron chi connectivity index (χ0n) is 8.51. The number of hydrogen-bond acceptors (Lipinski definition) is 1. The van der Waals surface area contributed by atoms with Gasteiger partial charge in [-0.25, -0.2) is 0 Å². The Morgan fingerprint density at radius 2 is 2.13 bits per heavy atom. The van der Waals surface area contributed by atoms with Crippen LogP contribution in [-0.4, -0.2) is 10.9 Å². The quantitative estimate of drug-likeness (QED) is 0.777. The summed E-state index contributed by atoms with van der Waals surface area (Å²) in [6, 6.07) is 7.89. The van der Waals surface area contributed by atoms with Crippen molar-refractivity contribution in [2.45, 2.75) is 13.3 Å². The summed E-state index contributed by atoms with van der Waals surface area (Å²) >= 11 is 5.64. The van der Waals surface area contributed by atoms with Gasteiger partial charge in [0.15, 0.2) is 0 Å². The van der Waals surface area contributed by atoms with Crippen LogP contribution >= 0.6 is 11.6 Å². The Balaban J connectivity index is 2.66. The fourth-order valence-corrected chi connectivity index (χ4v) is 1.86. The van der Waals surface area contributed by atoms with Crippen molar-refractivity contribution in [3.63, 3.8) is 0 Å². The molecule has 0 saturated heterocycles. The standard InChI is InChI=1S/C12H12ClNO/c1-8-2-3-11-10(6-8)7-9(4-5-13)12(15)14-11/h2-3,6-7H,4-5H2,1H3,(H,14,15). The fourth-order valence-electron chi connectivity index (χ4n) is 1.66. The zero-order chi connectivity index (χ0) is 10.8. The molecule has 0 radical (unpaired) electrons. The third kappa shape index (κ3) is 2.05. The normalized spacial score (nSPS) is 10.8. The maximum Gasteiger partial charge on any atom is 0.251 e. The largest absolute Gasteiger partial charge is 0.322 e. The topological polar surface area (TPSA) is 32.9 Å². The highest BCUT2D eigenvalue weighted by Crippen LogP contribution is 2.13. The number of hydrogen-bond donors (Lipinski definition) is 1. The lowest BCUT2D eigenvalue weighted by Crippen LogP contribution is -2.12. The molecule has 2 nitrogen and oxygen atoms in total. The average molecular weight is 222 g/mol. The third-order valence-corrected chi connectivity index (χ3v) is 2.63. The van der Waals surface area contributed by atoms with E-state index in [1.165, 1.54) is 5.56 Å². The lowest BCUT2D eigenvalue weighted by Gasteiger charge is -2.02. The number of pyridine rings is 1. The lowest BCUT2D eigenvalue weighted by atomic mass is 10.1. The predicted octanol–water partition coefficient (Wildman–Crippen LogP) is 2.62. The van der Waals surface area contributed by atoms with Crippen LogP contribution in [0, 0.1) is 6.92 Å². The number of aromatic nitrogens is 1. The number of alkyl halides is 1. The van der Waals surface area contributed by atoms with Gasteiger partial charge in [-0.15, -0.1) is 11.6 Å². The summed E-state index contributed by atoms with van der Waals surface area (Å²) in [5, 5.41) is 1.06. The van der Waals surface area contributed by atoms with Crippen LogP contribution in [0.4, 0.5) is 0 Å². The van der Waals surface area contributed by atoms with Crippen LogP contribution in [-0.2, 0) is 6.42 Å². The molecule has 1 heterocycles. The molecule has 78 valence electrons. The molecule has 2 rings (SSSR count). The smallest absolute Gasteiger partial charge is 0.251 e. The zero-order valence-corrected chi connectivity index (χ0v) is 9.27. The number of aromatic amines is 1. The van der Waals surface area contributed by atoms with Gasteiger partial charge in [0.05, 0.1) is 0 Å². The van der Waals surface area contributed by atoms with Crippen LogP contribution in [0.1, 0.15) is 11.1 Å². The van der Waals surface area contributed by atoms with Gasteiger partial charge in [-0.2, -0.15) is 0 Å². The predicted molar refractivity (Wildman–Crippen MR) is 63.7 cm³/mol. The summed E-state index contributed by atoms with van der Waals surface area (Å²) in [6.07, 6.45) is 0.612. The van der Waals surface area contributed by atoms with Crippen LogP contribution in [0.15, 0.2) is 29.1 Å². The van der Waals surface area contributed by atoms with E-state index in [0.29, 0.717) is 12.3 Å². The van der Waals surface area contributed by atoms with Gasteiger partial charge in [-0.1, -0.05) is 11.6 Å². The van der Waals surface area contributed by atoms with E-state index in [9.17, 15) is 4.79 Å². The van der Waals surface area contributed by atoms with Gasteiger partial charge >= 0.3 is 0 Å². The molecule has 3 heteroatoms. The monoisotopic (exact) mass is 221 g/mol. The average Bonchev–Trinajstić information content (AvgIpc) is 2.20. The first-order valence-electron chi connectivity index (χ1n) is 4.89. The second-order valence-electron chi connectivity index (χ2n) is 3.65. The SMILES string of the molecule is Cc1ccc2[nH]c(=O)c(CCCl)cc2c1. The van der Waals surface area contributed by atoms with Crippen molar-refractivity contribution in [3.8, 4) is 0 Å². The van der Waals surface area contributed by atoms with E-state index in [4.69, 9.17) is 11.6 Å². The molecule has 0 spiro atoms. The Labute approximate surface area is 92.9 Å². The van der Waals surface area contributed by atoms with E-state index in [0.717, 1.165) is 16.5 Å². The summed E-state index contributed by atoms with van der Waals surface area (Å²) in [5.41, 5.74) is 2.78. The van der Waals surface area contributed by atoms with E-state index in [1.54, 1.807) is 0 Å². The minimum absolute atomic E-state index is 0.0352. The second kappa shape index (κ2) is 4.07. The summed E-state index contributed by atoms with van der Waals surface area (Å²) in [4.78, 5) is 14.4. The molecule has 1 N–H and O–H groups in total. The Hall–Kier alpha value is -1.28. The highest BCUT2D eigenvalue weighted by Gasteiger charge is 2.02. The van der Waals surface area contributed by atoms with Crippen molar-refractivity contribution in [2.24, 2.45) is 0 Å². The molecule has 15 heavy (non-hydrogen) atoms. The Kier molecular flexibility index (Phi) is 2.78. The second-order valence-corrected chi connectivity index (χ2v) is 4.03. The van der Waals surface area contributed by atoms with Gasteiger partial charge in [0.25, 0.3) is 5.56 Å². The number of nitrogens with one attached hydrogen (secondary N) is 1. The molecule has 0 bridgehead atoms. The van der Waals surface area contributed by atoms with E-state index in [1.807, 2.05) is 25.1 Å². The first kappa shape index (κ1) is 10.2. The minimum Gasteiger partial charge on any atom is -0.322 e. The molecule has 0 fully saturated rings. The summed E-state index contributed by atoms with van der Waals surface area (Å²) in [6.45, 7) is 2.03. The first-order valence-corrected chi connectivity index (χ1v) is 5.42. The summed E-state index contributed by atoms with van der Waals surface area (Å²) < 4.78 is 0. The molecule has 0 aliphatic heterocycles. The van der Waals surface area contributed by atoms with E-state index >= 15 is 0 Å². The molecule has 0 atom stereocenters. The van der Waals surface area contributed by atoms with E-state index in [2.05, 4.69) is 11.1 Å². The van der Waals surface area contributed by atoms with Gasteiger partial charge in [-0.05, 0) is 36.9 Å². The maximum absolute atomic E-state index is 11.6. The highest BCUT2D eigenvalue weighted by molar-refractivity contribution is 6.18. The molecule has 1 aromatic carbocycles. The van der Waals surface area contributed by atoms with Crippen molar-refractivity contribution < 1.29 is 0 Å². The van der Waals surface area contributed by atoms with Crippen LogP contribution in [0.3, 0.4) is 0 Å². The Bertz CT molecular complexity index is 545. The van der Waals surface area contributed by atoms with E-state index < -0.39 is 0 Å². The van der Waals surface area contributed by atoms with Gasteiger partial charge in [0.2, 0.25) is 0 Å². The Morgan fingerprint density at radius 1 is 1.33 bits per heavy atom. The van der Waals surface area contributed by atoms with Crippen LogP contribution in [0.5, 0.6) is 0 Å². The lowest BCUT2D eigenvalue weighted by molar-refractivity contribution is 1.09. The number of aryl methyl sites for hydroxylation is 2. The van der Waals surface area contributed by atoms with Crippen molar-refractivity contribution in [2.75, 3.05) is 5.88 Å². The molecule has 0 amide bonds. The molecule has 0 saturated carbocycles. The van der Waals surface area contributed by atoms with Crippen molar-refractivity contribution >= 4 is 22.5 Å².